The van der Waals surface area contributed by atoms with Gasteiger partial charge < -0.3 is 10.1 Å². The highest BCUT2D eigenvalue weighted by Crippen LogP contribution is 2.23. The second-order valence-corrected chi connectivity index (χ2v) is 5.86. The third-order valence-electron chi connectivity index (χ3n) is 3.94. The van der Waals surface area contributed by atoms with Crippen LogP contribution in [0.1, 0.15) is 6.92 Å². The Hall–Kier alpha value is -3.68. The van der Waals surface area contributed by atoms with Gasteiger partial charge in [-0.25, -0.2) is 4.39 Å². The zero-order chi connectivity index (χ0) is 20.1. The number of nitrogens with one attached hydrogen (secondary N) is 1. The summed E-state index contributed by atoms with van der Waals surface area (Å²) in [6.45, 7) is 1.93. The van der Waals surface area contributed by atoms with Crippen molar-refractivity contribution >= 4 is 11.6 Å². The number of ether oxygens (including phenoxy) is 1. The minimum atomic E-state index is -0.861. The summed E-state index contributed by atoms with van der Waals surface area (Å²) in [6, 6.07) is 12.1. The fourth-order valence-electron chi connectivity index (χ4n) is 2.63. The van der Waals surface area contributed by atoms with Gasteiger partial charge in [0.1, 0.15) is 18.1 Å². The molecule has 0 bridgehead atoms. The molecule has 28 heavy (non-hydrogen) atoms. The molecule has 1 N–H and O–H groups in total. The molecule has 0 aliphatic rings. The Morgan fingerprint density at radius 3 is 2.46 bits per heavy atom. The maximum atomic E-state index is 13.0. The third-order valence-corrected chi connectivity index (χ3v) is 3.94. The first kappa shape index (κ1) is 19.1. The number of benzene rings is 2. The molecule has 7 nitrogen and oxygen atoms in total. The van der Waals surface area contributed by atoms with Crippen molar-refractivity contribution < 1.29 is 13.9 Å². The van der Waals surface area contributed by atoms with Crippen LogP contribution in [0.2, 0.25) is 0 Å². The number of halogens is 1. The molecule has 8 heteroatoms. The van der Waals surface area contributed by atoms with Gasteiger partial charge in [-0.3, -0.25) is 23.5 Å². The Morgan fingerprint density at radius 2 is 1.75 bits per heavy atom. The molecule has 0 aliphatic carbocycles. The van der Waals surface area contributed by atoms with Crippen LogP contribution in [0.5, 0.6) is 5.75 Å². The van der Waals surface area contributed by atoms with Gasteiger partial charge in [0.25, 0.3) is 0 Å². The molecule has 1 amide bonds. The number of hydrogen-bond acceptors (Lipinski definition) is 4. The third kappa shape index (κ3) is 4.17. The summed E-state index contributed by atoms with van der Waals surface area (Å²) in [4.78, 5) is 37.0. The van der Waals surface area contributed by atoms with E-state index in [9.17, 15) is 18.8 Å². The van der Waals surface area contributed by atoms with Crippen molar-refractivity contribution in [2.24, 2.45) is 0 Å². The number of hydrogen-bond donors (Lipinski definition) is 1. The Balaban J connectivity index is 1.81. The molecule has 0 saturated heterocycles. The molecule has 0 aliphatic heterocycles. The number of para-hydroxylation sites is 2. The molecule has 0 spiro atoms. The van der Waals surface area contributed by atoms with Crippen molar-refractivity contribution in [3.63, 3.8) is 0 Å². The van der Waals surface area contributed by atoms with Crippen LogP contribution in [0.3, 0.4) is 0 Å². The molecular formula is C20H18FN3O4. The summed E-state index contributed by atoms with van der Waals surface area (Å²) < 4.78 is 20.6. The quantitative estimate of drug-likeness (QED) is 0.662. The Kier molecular flexibility index (Phi) is 5.69. The molecule has 1 heterocycles. The largest absolute Gasteiger partial charge is 0.492 e. The van der Waals surface area contributed by atoms with E-state index in [1.165, 1.54) is 36.7 Å². The van der Waals surface area contributed by atoms with E-state index in [1.807, 2.05) is 6.92 Å². The van der Waals surface area contributed by atoms with Gasteiger partial charge in [0.15, 0.2) is 0 Å². The fourth-order valence-corrected chi connectivity index (χ4v) is 2.63. The van der Waals surface area contributed by atoms with Gasteiger partial charge in [-0.15, -0.1) is 0 Å². The fraction of sp³-hybridized carbons (Fsp3) is 0.150. The van der Waals surface area contributed by atoms with E-state index in [0.717, 1.165) is 9.13 Å². The van der Waals surface area contributed by atoms with E-state index in [2.05, 4.69) is 5.32 Å². The van der Waals surface area contributed by atoms with Gasteiger partial charge in [0.2, 0.25) is 5.91 Å². The second-order valence-electron chi connectivity index (χ2n) is 5.86. The van der Waals surface area contributed by atoms with Crippen LogP contribution >= 0.6 is 0 Å². The average molecular weight is 383 g/mol. The summed E-state index contributed by atoms with van der Waals surface area (Å²) in [7, 11) is 0. The van der Waals surface area contributed by atoms with Gasteiger partial charge in [0.05, 0.1) is 12.3 Å². The number of amides is 1. The molecule has 0 radical (unpaired) electrons. The van der Waals surface area contributed by atoms with E-state index in [0.29, 0.717) is 23.7 Å². The zero-order valence-corrected chi connectivity index (χ0v) is 15.1. The minimum Gasteiger partial charge on any atom is -0.492 e. The van der Waals surface area contributed by atoms with Crippen LogP contribution in [-0.4, -0.2) is 21.6 Å². The average Bonchev–Trinajstić information content (AvgIpc) is 2.68. The lowest BCUT2D eigenvalue weighted by molar-refractivity contribution is -0.116. The highest BCUT2D eigenvalue weighted by Gasteiger charge is 2.12. The predicted octanol–water partition coefficient (Wildman–Crippen LogP) is 2.18. The standard InChI is InChI=1S/C20H18FN3O4/c1-2-28-17-6-4-3-5-16(17)22-18(25)13-23-11-12-24(20(27)19(23)26)15-9-7-14(21)8-10-15/h3-12H,2,13H2,1H3,(H,22,25). The van der Waals surface area contributed by atoms with E-state index in [4.69, 9.17) is 4.74 Å². The molecule has 1 aromatic heterocycles. The summed E-state index contributed by atoms with van der Waals surface area (Å²) in [5, 5.41) is 2.67. The van der Waals surface area contributed by atoms with Crippen molar-refractivity contribution in [1.82, 2.24) is 9.13 Å². The normalized spacial score (nSPS) is 10.5. The molecule has 2 aromatic carbocycles. The van der Waals surface area contributed by atoms with Crippen LogP contribution in [0.4, 0.5) is 10.1 Å². The number of rotatable bonds is 6. The summed E-state index contributed by atoms with van der Waals surface area (Å²) in [5.74, 6) is -0.417. The lowest BCUT2D eigenvalue weighted by Crippen LogP contribution is -2.41. The Labute approximate surface area is 159 Å². The van der Waals surface area contributed by atoms with Crippen molar-refractivity contribution in [2.45, 2.75) is 13.5 Å². The van der Waals surface area contributed by atoms with E-state index in [1.54, 1.807) is 24.3 Å². The number of nitrogens with zero attached hydrogens (tertiary/aromatic N) is 2. The summed E-state index contributed by atoms with van der Waals surface area (Å²) in [6.07, 6.45) is 2.69. The molecule has 144 valence electrons. The smallest absolute Gasteiger partial charge is 0.320 e. The molecule has 3 aromatic rings. The lowest BCUT2D eigenvalue weighted by Gasteiger charge is -2.12. The van der Waals surface area contributed by atoms with Crippen LogP contribution in [0.15, 0.2) is 70.5 Å². The van der Waals surface area contributed by atoms with Crippen molar-refractivity contribution in [3.8, 4) is 11.4 Å². The van der Waals surface area contributed by atoms with E-state index in [-0.39, 0.29) is 6.54 Å². The van der Waals surface area contributed by atoms with Crippen molar-refractivity contribution in [1.29, 1.82) is 0 Å². The highest BCUT2D eigenvalue weighted by molar-refractivity contribution is 5.92. The van der Waals surface area contributed by atoms with Crippen molar-refractivity contribution in [2.75, 3.05) is 11.9 Å². The first-order valence-corrected chi connectivity index (χ1v) is 8.59. The minimum absolute atomic E-state index is 0.335. The number of carbonyl (C=O) groups is 1. The Bertz CT molecular complexity index is 1100. The second kappa shape index (κ2) is 8.34. The molecule has 0 saturated carbocycles. The van der Waals surface area contributed by atoms with Crippen LogP contribution < -0.4 is 21.2 Å². The molecule has 0 fully saturated rings. The van der Waals surface area contributed by atoms with Crippen molar-refractivity contribution in [3.05, 3.63) is 87.4 Å². The van der Waals surface area contributed by atoms with E-state index < -0.39 is 22.8 Å². The SMILES string of the molecule is CCOc1ccccc1NC(=O)Cn1ccn(-c2ccc(F)cc2)c(=O)c1=O. The van der Waals surface area contributed by atoms with Gasteiger partial charge in [-0.05, 0) is 43.3 Å². The topological polar surface area (TPSA) is 82.3 Å². The maximum absolute atomic E-state index is 13.0. The number of anilines is 1. The van der Waals surface area contributed by atoms with Gasteiger partial charge in [-0.2, -0.15) is 0 Å². The van der Waals surface area contributed by atoms with Crippen LogP contribution in [0, 0.1) is 5.82 Å². The lowest BCUT2D eigenvalue weighted by atomic mass is 10.3. The van der Waals surface area contributed by atoms with Gasteiger partial charge >= 0.3 is 11.1 Å². The molecule has 3 rings (SSSR count). The molecule has 0 unspecified atom stereocenters. The predicted molar refractivity (Wildman–Crippen MR) is 102 cm³/mol. The Morgan fingerprint density at radius 1 is 1.04 bits per heavy atom. The monoisotopic (exact) mass is 383 g/mol. The summed E-state index contributed by atoms with van der Waals surface area (Å²) >= 11 is 0. The van der Waals surface area contributed by atoms with Crippen LogP contribution in [-0.2, 0) is 11.3 Å². The number of carbonyl (C=O) groups excluding carboxylic acids is 1. The maximum Gasteiger partial charge on any atom is 0.320 e. The molecule has 0 atom stereocenters. The summed E-state index contributed by atoms with van der Waals surface area (Å²) in [5.41, 5.74) is -0.871. The number of aromatic nitrogens is 2. The zero-order valence-electron chi connectivity index (χ0n) is 15.1. The molecular weight excluding hydrogens is 365 g/mol. The van der Waals surface area contributed by atoms with Gasteiger partial charge in [-0.1, -0.05) is 12.1 Å². The first-order chi connectivity index (χ1) is 13.5. The van der Waals surface area contributed by atoms with Crippen LogP contribution in [0.25, 0.3) is 5.69 Å². The van der Waals surface area contributed by atoms with E-state index >= 15 is 0 Å². The van der Waals surface area contributed by atoms with Gasteiger partial charge in [0, 0.05) is 18.1 Å². The first-order valence-electron chi connectivity index (χ1n) is 8.59. The highest BCUT2D eigenvalue weighted by atomic mass is 19.1.